The van der Waals surface area contributed by atoms with Crippen molar-refractivity contribution in [3.05, 3.63) is 206 Å². The third kappa shape index (κ3) is 5.14. The van der Waals surface area contributed by atoms with E-state index in [9.17, 15) is 0 Å². The van der Waals surface area contributed by atoms with Crippen LogP contribution in [0.3, 0.4) is 0 Å². The Balaban J connectivity index is 1.22. The van der Waals surface area contributed by atoms with E-state index in [1.807, 2.05) is 0 Å². The normalized spacial score (nSPS) is 11.8. The number of fused-ring (bicyclic) bond motifs is 8. The summed E-state index contributed by atoms with van der Waals surface area (Å²) < 4.78 is 4.67. The van der Waals surface area contributed by atoms with Crippen LogP contribution in [-0.2, 0) is 14.1 Å². The molecule has 0 radical (unpaired) electrons. The predicted molar refractivity (Wildman–Crippen MR) is 257 cm³/mol. The summed E-state index contributed by atoms with van der Waals surface area (Å²) in [5, 5.41) is 10.1. The quantitative estimate of drug-likeness (QED) is 0.155. The molecule has 0 fully saturated rings. The van der Waals surface area contributed by atoms with Crippen LogP contribution in [0.1, 0.15) is 0 Å². The summed E-state index contributed by atoms with van der Waals surface area (Å²) in [6.07, 6.45) is 0. The zero-order valence-corrected chi connectivity index (χ0v) is 33.5. The third-order valence-corrected chi connectivity index (χ3v) is 13.0. The average molecular weight is 765 g/mol. The number of aromatic nitrogens is 2. The molecule has 2 nitrogen and oxygen atoms in total. The lowest BCUT2D eigenvalue weighted by Gasteiger charge is -2.22. The number of hydrogen-bond acceptors (Lipinski definition) is 0. The average Bonchev–Trinajstić information content (AvgIpc) is 3.77. The molecule has 60 heavy (non-hydrogen) atoms. The van der Waals surface area contributed by atoms with Crippen LogP contribution >= 0.6 is 0 Å². The highest BCUT2D eigenvalue weighted by Crippen LogP contribution is 2.49. The fraction of sp³-hybridized carbons (Fsp3) is 0.0345. The van der Waals surface area contributed by atoms with Gasteiger partial charge >= 0.3 is 0 Å². The first-order chi connectivity index (χ1) is 29.6. The highest BCUT2D eigenvalue weighted by molar-refractivity contribution is 6.22. The van der Waals surface area contributed by atoms with Crippen molar-refractivity contribution in [2.75, 3.05) is 0 Å². The first kappa shape index (κ1) is 34.4. The van der Waals surface area contributed by atoms with Gasteiger partial charge in [-0.1, -0.05) is 176 Å². The molecule has 0 N–H and O–H groups in total. The van der Waals surface area contributed by atoms with E-state index in [1.165, 1.54) is 121 Å². The Morgan fingerprint density at radius 2 is 0.617 bits per heavy atom. The summed E-state index contributed by atoms with van der Waals surface area (Å²) in [6, 6.07) is 76.4. The molecule has 12 rings (SSSR count). The first-order valence-electron chi connectivity index (χ1n) is 20.8. The number of nitrogens with zero attached hydrogens (tertiary/aromatic N) is 2. The Morgan fingerprint density at radius 1 is 0.233 bits per heavy atom. The van der Waals surface area contributed by atoms with Crippen LogP contribution in [0.25, 0.3) is 121 Å². The molecule has 0 spiro atoms. The van der Waals surface area contributed by atoms with Crippen LogP contribution in [0.15, 0.2) is 206 Å². The van der Waals surface area contributed by atoms with Gasteiger partial charge in [-0.05, 0) is 108 Å². The summed E-state index contributed by atoms with van der Waals surface area (Å²) in [5.74, 6) is 0. The molecular formula is C58H40N2. The topological polar surface area (TPSA) is 9.86 Å². The molecule has 2 aromatic heterocycles. The maximum absolute atomic E-state index is 2.48. The van der Waals surface area contributed by atoms with Gasteiger partial charge in [-0.15, -0.1) is 0 Å². The second-order valence-electron chi connectivity index (χ2n) is 16.1. The first-order valence-corrected chi connectivity index (χ1v) is 20.8. The summed E-state index contributed by atoms with van der Waals surface area (Å²) in [7, 11) is 4.38. The fourth-order valence-electron chi connectivity index (χ4n) is 10.1. The number of rotatable bonds is 5. The minimum absolute atomic E-state index is 1.20. The Labute approximate surface area is 348 Å². The van der Waals surface area contributed by atoms with Crippen LogP contribution in [0.2, 0.25) is 0 Å². The van der Waals surface area contributed by atoms with E-state index in [1.54, 1.807) is 0 Å². The van der Waals surface area contributed by atoms with Crippen molar-refractivity contribution >= 4 is 65.2 Å². The SMILES string of the molecule is Cn1c2ccccc2c2ccc(-c3cccc4c(-c5c(-c6ccccc6)cccc5-c5ccccc5)c5cccc(-c6ccc7c8ccccc8n(C)c7c6)c5cc34)cc21. The molecular weight excluding hydrogens is 725 g/mol. The van der Waals surface area contributed by atoms with Gasteiger partial charge in [-0.3, -0.25) is 0 Å². The largest absolute Gasteiger partial charge is 0.344 e. The Bertz CT molecular complexity index is 3430. The lowest BCUT2D eigenvalue weighted by atomic mass is 9.81. The van der Waals surface area contributed by atoms with Gasteiger partial charge in [0.25, 0.3) is 0 Å². The minimum atomic E-state index is 1.20. The molecule has 12 aromatic rings. The summed E-state index contributed by atoms with van der Waals surface area (Å²) in [6.45, 7) is 0. The Kier molecular flexibility index (Phi) is 7.70. The van der Waals surface area contributed by atoms with E-state index in [0.29, 0.717) is 0 Å². The summed E-state index contributed by atoms with van der Waals surface area (Å²) in [5.41, 5.74) is 17.1. The molecule has 0 atom stereocenters. The smallest absolute Gasteiger partial charge is 0.0494 e. The van der Waals surface area contributed by atoms with Gasteiger partial charge in [0.05, 0.1) is 0 Å². The van der Waals surface area contributed by atoms with Crippen molar-refractivity contribution in [1.29, 1.82) is 0 Å². The van der Waals surface area contributed by atoms with E-state index in [-0.39, 0.29) is 0 Å². The standard InChI is InChI=1S/C58H40N2/c1-59-53-28-11-9-20-45(53)47-32-30-39(34-55(47)59)41-22-13-26-49-51(41)36-52-42(40-31-33-48-46-21-10-12-29-54(46)60(2)56(48)35-40)23-14-27-50(52)58(49)57-43(37-16-5-3-6-17-37)24-15-25-44(57)38-18-7-4-8-19-38/h3-36H,1-2H3. The van der Waals surface area contributed by atoms with Crippen molar-refractivity contribution < 1.29 is 0 Å². The lowest BCUT2D eigenvalue weighted by Crippen LogP contribution is -1.95. The number of aryl methyl sites for hydroxylation is 2. The number of hydrogen-bond donors (Lipinski definition) is 0. The van der Waals surface area contributed by atoms with Gasteiger partial charge in [0.2, 0.25) is 0 Å². The molecule has 282 valence electrons. The minimum Gasteiger partial charge on any atom is -0.344 e. The van der Waals surface area contributed by atoms with Gasteiger partial charge in [0, 0.05) is 57.7 Å². The van der Waals surface area contributed by atoms with Crippen molar-refractivity contribution in [1.82, 2.24) is 9.13 Å². The maximum atomic E-state index is 2.48. The van der Waals surface area contributed by atoms with Crippen molar-refractivity contribution in [2.24, 2.45) is 14.1 Å². The van der Waals surface area contributed by atoms with Crippen LogP contribution in [0.4, 0.5) is 0 Å². The zero-order valence-electron chi connectivity index (χ0n) is 33.5. The van der Waals surface area contributed by atoms with Gasteiger partial charge in [-0.25, -0.2) is 0 Å². The molecule has 0 aliphatic rings. The molecule has 0 unspecified atom stereocenters. The van der Waals surface area contributed by atoms with Gasteiger partial charge in [-0.2, -0.15) is 0 Å². The summed E-state index contributed by atoms with van der Waals surface area (Å²) >= 11 is 0. The van der Waals surface area contributed by atoms with Crippen LogP contribution < -0.4 is 0 Å². The molecule has 0 aliphatic carbocycles. The molecule has 0 bridgehead atoms. The van der Waals surface area contributed by atoms with Crippen LogP contribution in [0, 0.1) is 0 Å². The van der Waals surface area contributed by atoms with E-state index in [0.717, 1.165) is 0 Å². The van der Waals surface area contributed by atoms with E-state index >= 15 is 0 Å². The van der Waals surface area contributed by atoms with E-state index in [2.05, 4.69) is 229 Å². The highest BCUT2D eigenvalue weighted by atomic mass is 14.9. The highest BCUT2D eigenvalue weighted by Gasteiger charge is 2.22. The van der Waals surface area contributed by atoms with Gasteiger partial charge in [0.1, 0.15) is 0 Å². The molecule has 10 aromatic carbocycles. The van der Waals surface area contributed by atoms with Crippen molar-refractivity contribution in [3.8, 4) is 55.6 Å². The second kappa shape index (κ2) is 13.4. The number of benzene rings is 10. The molecule has 0 amide bonds. The van der Waals surface area contributed by atoms with E-state index in [4.69, 9.17) is 0 Å². The maximum Gasteiger partial charge on any atom is 0.0494 e. The monoisotopic (exact) mass is 764 g/mol. The Hall–Kier alpha value is -7.68. The third-order valence-electron chi connectivity index (χ3n) is 13.0. The van der Waals surface area contributed by atoms with Gasteiger partial charge in [0.15, 0.2) is 0 Å². The van der Waals surface area contributed by atoms with E-state index < -0.39 is 0 Å². The van der Waals surface area contributed by atoms with Crippen molar-refractivity contribution in [2.45, 2.75) is 0 Å². The predicted octanol–water partition coefficient (Wildman–Crippen LogP) is 15.6. The lowest BCUT2D eigenvalue weighted by molar-refractivity contribution is 1.01. The van der Waals surface area contributed by atoms with Gasteiger partial charge < -0.3 is 9.13 Å². The molecule has 0 aliphatic heterocycles. The fourth-order valence-corrected chi connectivity index (χ4v) is 10.1. The second-order valence-corrected chi connectivity index (χ2v) is 16.1. The molecule has 0 saturated carbocycles. The summed E-state index contributed by atoms with van der Waals surface area (Å²) in [4.78, 5) is 0. The zero-order chi connectivity index (χ0) is 39.9. The molecule has 2 heteroatoms. The molecule has 2 heterocycles. The van der Waals surface area contributed by atoms with Crippen LogP contribution in [0.5, 0.6) is 0 Å². The number of para-hydroxylation sites is 2. The molecule has 0 saturated heterocycles. The van der Waals surface area contributed by atoms with Crippen molar-refractivity contribution in [3.63, 3.8) is 0 Å². The Morgan fingerprint density at radius 3 is 1.10 bits per heavy atom. The van der Waals surface area contributed by atoms with Crippen LogP contribution in [-0.4, -0.2) is 9.13 Å².